The zero-order valence-electron chi connectivity index (χ0n) is 9.97. The fraction of sp³-hybridized carbons (Fsp3) is 0.538. The van der Waals surface area contributed by atoms with Crippen molar-refractivity contribution >= 4 is 15.9 Å². The number of unbranched alkanes of at least 4 members (excludes halogenated alkanes) is 2. The van der Waals surface area contributed by atoms with Gasteiger partial charge in [0.1, 0.15) is 5.82 Å². The third-order valence-electron chi connectivity index (χ3n) is 2.58. The van der Waals surface area contributed by atoms with Gasteiger partial charge in [0.05, 0.1) is 4.47 Å². The minimum atomic E-state index is -0.197. The van der Waals surface area contributed by atoms with E-state index in [1.807, 2.05) is 12.1 Å². The monoisotopic (exact) mass is 287 g/mol. The van der Waals surface area contributed by atoms with Crippen molar-refractivity contribution in [2.24, 2.45) is 0 Å². The molecule has 0 aromatic heterocycles. The Morgan fingerprint density at radius 1 is 1.31 bits per heavy atom. The molecule has 0 radical (unpaired) electrons. The third-order valence-corrected chi connectivity index (χ3v) is 3.19. The lowest BCUT2D eigenvalue weighted by molar-refractivity contribution is 0.318. The van der Waals surface area contributed by atoms with Crippen molar-refractivity contribution in [2.45, 2.75) is 32.7 Å². The molecule has 0 spiro atoms. The van der Waals surface area contributed by atoms with E-state index < -0.39 is 0 Å². The summed E-state index contributed by atoms with van der Waals surface area (Å²) < 4.78 is 13.6. The average molecular weight is 288 g/mol. The highest BCUT2D eigenvalue weighted by Gasteiger charge is 2.03. The number of benzene rings is 1. The molecular formula is C13H19BrFN. The summed E-state index contributed by atoms with van der Waals surface area (Å²) >= 11 is 3.21. The number of rotatable bonds is 6. The summed E-state index contributed by atoms with van der Waals surface area (Å²) in [5.41, 5.74) is 1.15. The van der Waals surface area contributed by atoms with Gasteiger partial charge in [0.25, 0.3) is 0 Å². The predicted molar refractivity (Wildman–Crippen MR) is 70.0 cm³/mol. The summed E-state index contributed by atoms with van der Waals surface area (Å²) in [6, 6.07) is 5.21. The van der Waals surface area contributed by atoms with Gasteiger partial charge in [-0.15, -0.1) is 0 Å². The maximum Gasteiger partial charge on any atom is 0.137 e. The molecular weight excluding hydrogens is 269 g/mol. The van der Waals surface area contributed by atoms with E-state index in [4.69, 9.17) is 0 Å². The van der Waals surface area contributed by atoms with Crippen LogP contribution >= 0.6 is 15.9 Å². The van der Waals surface area contributed by atoms with Crippen LogP contribution in [0, 0.1) is 5.82 Å². The fourth-order valence-electron chi connectivity index (χ4n) is 1.66. The van der Waals surface area contributed by atoms with Crippen molar-refractivity contribution in [3.8, 4) is 0 Å². The Kier molecular flexibility index (Phi) is 5.99. The highest BCUT2D eigenvalue weighted by atomic mass is 79.9. The van der Waals surface area contributed by atoms with Gasteiger partial charge in [0.2, 0.25) is 0 Å². The van der Waals surface area contributed by atoms with Crippen LogP contribution in [0.2, 0.25) is 0 Å². The molecule has 16 heavy (non-hydrogen) atoms. The van der Waals surface area contributed by atoms with Crippen LogP contribution in [0.4, 0.5) is 4.39 Å². The van der Waals surface area contributed by atoms with E-state index in [0.717, 1.165) is 18.7 Å². The molecule has 0 unspecified atom stereocenters. The maximum absolute atomic E-state index is 13.0. The summed E-state index contributed by atoms with van der Waals surface area (Å²) in [4.78, 5) is 2.27. The van der Waals surface area contributed by atoms with Crippen molar-refractivity contribution in [3.63, 3.8) is 0 Å². The Hall–Kier alpha value is -0.410. The summed E-state index contributed by atoms with van der Waals surface area (Å²) in [5, 5.41) is 0. The van der Waals surface area contributed by atoms with E-state index in [-0.39, 0.29) is 5.82 Å². The van der Waals surface area contributed by atoms with E-state index in [9.17, 15) is 4.39 Å². The van der Waals surface area contributed by atoms with Crippen LogP contribution in [0.3, 0.4) is 0 Å². The van der Waals surface area contributed by atoms with Crippen molar-refractivity contribution in [1.29, 1.82) is 0 Å². The van der Waals surface area contributed by atoms with Gasteiger partial charge in [-0.2, -0.15) is 0 Å². The lowest BCUT2D eigenvalue weighted by Crippen LogP contribution is -2.19. The van der Waals surface area contributed by atoms with Gasteiger partial charge in [-0.1, -0.05) is 25.8 Å². The van der Waals surface area contributed by atoms with Crippen LogP contribution in [0.1, 0.15) is 31.7 Å². The molecule has 0 heterocycles. The second kappa shape index (κ2) is 7.02. The Morgan fingerprint density at radius 2 is 2.06 bits per heavy atom. The zero-order valence-corrected chi connectivity index (χ0v) is 11.6. The van der Waals surface area contributed by atoms with Gasteiger partial charge in [-0.3, -0.25) is 0 Å². The van der Waals surface area contributed by atoms with Crippen LogP contribution < -0.4 is 0 Å². The predicted octanol–water partition coefficient (Wildman–Crippen LogP) is 4.21. The molecule has 0 aliphatic rings. The first kappa shape index (κ1) is 13.7. The molecule has 0 fully saturated rings. The highest BCUT2D eigenvalue weighted by molar-refractivity contribution is 9.10. The van der Waals surface area contributed by atoms with Crippen molar-refractivity contribution < 1.29 is 4.39 Å². The van der Waals surface area contributed by atoms with Crippen LogP contribution in [-0.2, 0) is 6.54 Å². The molecule has 1 rings (SSSR count). The van der Waals surface area contributed by atoms with Crippen LogP contribution in [0.15, 0.2) is 22.7 Å². The molecule has 0 saturated heterocycles. The number of hydrogen-bond donors (Lipinski definition) is 0. The second-order valence-corrected chi connectivity index (χ2v) is 5.05. The van der Waals surface area contributed by atoms with Crippen LogP contribution in [0.5, 0.6) is 0 Å². The van der Waals surface area contributed by atoms with Crippen molar-refractivity contribution in [2.75, 3.05) is 13.6 Å². The minimum absolute atomic E-state index is 0.197. The Balaban J connectivity index is 2.43. The van der Waals surface area contributed by atoms with E-state index in [1.54, 1.807) is 0 Å². The molecule has 3 heteroatoms. The van der Waals surface area contributed by atoms with E-state index in [1.165, 1.54) is 25.3 Å². The molecule has 1 aromatic rings. The molecule has 1 aromatic carbocycles. The standard InChI is InChI=1S/C13H19BrFN/c1-3-4-5-8-16(2)10-11-6-7-13(15)12(14)9-11/h6-7,9H,3-5,8,10H2,1-2H3. The second-order valence-electron chi connectivity index (χ2n) is 4.19. The van der Waals surface area contributed by atoms with Gasteiger partial charge in [0, 0.05) is 6.54 Å². The van der Waals surface area contributed by atoms with Gasteiger partial charge >= 0.3 is 0 Å². The first-order valence-corrected chi connectivity index (χ1v) is 6.55. The molecule has 90 valence electrons. The molecule has 0 saturated carbocycles. The lowest BCUT2D eigenvalue weighted by Gasteiger charge is -2.16. The summed E-state index contributed by atoms with van der Waals surface area (Å²) in [6.07, 6.45) is 3.75. The number of halogens is 2. The number of nitrogens with zero attached hydrogens (tertiary/aromatic N) is 1. The fourth-order valence-corrected chi connectivity index (χ4v) is 2.09. The largest absolute Gasteiger partial charge is 0.302 e. The quantitative estimate of drug-likeness (QED) is 0.709. The van der Waals surface area contributed by atoms with Crippen LogP contribution in [-0.4, -0.2) is 18.5 Å². The zero-order chi connectivity index (χ0) is 12.0. The third kappa shape index (κ3) is 4.62. The SMILES string of the molecule is CCCCCN(C)Cc1ccc(F)c(Br)c1. The molecule has 0 N–H and O–H groups in total. The summed E-state index contributed by atoms with van der Waals surface area (Å²) in [6.45, 7) is 4.18. The molecule has 0 amide bonds. The van der Waals surface area contributed by atoms with E-state index in [0.29, 0.717) is 4.47 Å². The van der Waals surface area contributed by atoms with E-state index >= 15 is 0 Å². The van der Waals surface area contributed by atoms with Gasteiger partial charge in [-0.25, -0.2) is 4.39 Å². The Bertz CT molecular complexity index is 328. The average Bonchev–Trinajstić information content (AvgIpc) is 2.24. The van der Waals surface area contributed by atoms with Gasteiger partial charge < -0.3 is 4.90 Å². The van der Waals surface area contributed by atoms with Gasteiger partial charge in [-0.05, 0) is 53.6 Å². The number of hydrogen-bond acceptors (Lipinski definition) is 1. The molecule has 0 bridgehead atoms. The molecule has 1 nitrogen and oxygen atoms in total. The van der Waals surface area contributed by atoms with E-state index in [2.05, 4.69) is 34.8 Å². The first-order chi connectivity index (χ1) is 7.63. The smallest absolute Gasteiger partial charge is 0.137 e. The Labute approximate surface area is 106 Å². The van der Waals surface area contributed by atoms with Crippen LogP contribution in [0.25, 0.3) is 0 Å². The van der Waals surface area contributed by atoms with Gasteiger partial charge in [0.15, 0.2) is 0 Å². The summed E-state index contributed by atoms with van der Waals surface area (Å²) in [7, 11) is 2.10. The minimum Gasteiger partial charge on any atom is -0.302 e. The highest BCUT2D eigenvalue weighted by Crippen LogP contribution is 2.17. The molecule has 0 atom stereocenters. The molecule has 0 aliphatic carbocycles. The normalized spacial score (nSPS) is 11.1. The lowest BCUT2D eigenvalue weighted by atomic mass is 10.2. The van der Waals surface area contributed by atoms with Crippen molar-refractivity contribution in [1.82, 2.24) is 4.90 Å². The first-order valence-electron chi connectivity index (χ1n) is 5.76. The summed E-state index contributed by atoms with van der Waals surface area (Å²) in [5.74, 6) is -0.197. The Morgan fingerprint density at radius 3 is 2.69 bits per heavy atom. The topological polar surface area (TPSA) is 3.24 Å². The maximum atomic E-state index is 13.0. The molecule has 0 aliphatic heterocycles. The van der Waals surface area contributed by atoms with Crippen molar-refractivity contribution in [3.05, 3.63) is 34.1 Å².